The first kappa shape index (κ1) is 12.7. The van der Waals surface area contributed by atoms with Crippen molar-refractivity contribution >= 4 is 0 Å². The van der Waals surface area contributed by atoms with Crippen molar-refractivity contribution < 1.29 is 9.84 Å². The maximum Gasteiger partial charge on any atom is 0.130 e. The number of aliphatic hydroxyl groups is 1. The van der Waals surface area contributed by atoms with Crippen LogP contribution < -0.4 is 4.74 Å². The highest BCUT2D eigenvalue weighted by Crippen LogP contribution is 2.27. The Bertz CT molecular complexity index is 498. The predicted molar refractivity (Wildman–Crippen MR) is 73.0 cm³/mol. The summed E-state index contributed by atoms with van der Waals surface area (Å²) in [6.45, 7) is 3.60. The van der Waals surface area contributed by atoms with Crippen molar-refractivity contribution in [1.29, 1.82) is 0 Å². The number of benzene rings is 2. The summed E-state index contributed by atoms with van der Waals surface area (Å²) >= 11 is 0. The second-order valence-electron chi connectivity index (χ2n) is 5.01. The first-order valence-electron chi connectivity index (χ1n) is 6.08. The zero-order valence-electron chi connectivity index (χ0n) is 10.8. The molecule has 0 aliphatic heterocycles. The third kappa shape index (κ3) is 3.60. The highest BCUT2D eigenvalue weighted by Gasteiger charge is 2.16. The predicted octanol–water partition coefficient (Wildman–Crippen LogP) is 3.79. The molecular formula is C16H18O2. The summed E-state index contributed by atoms with van der Waals surface area (Å²) in [5.74, 6) is 1.60. The fourth-order valence-corrected chi connectivity index (χ4v) is 1.83. The molecule has 0 unspecified atom stereocenters. The van der Waals surface area contributed by atoms with Gasteiger partial charge in [-0.3, -0.25) is 0 Å². The molecule has 0 amide bonds. The van der Waals surface area contributed by atoms with E-state index >= 15 is 0 Å². The van der Waals surface area contributed by atoms with E-state index in [2.05, 4.69) is 0 Å². The molecule has 0 fully saturated rings. The SMILES string of the molecule is CC(C)(O)Cc1ccccc1Oc1ccccc1. The lowest BCUT2D eigenvalue weighted by molar-refractivity contribution is 0.0804. The molecule has 2 aromatic carbocycles. The van der Waals surface area contributed by atoms with E-state index < -0.39 is 5.60 Å². The van der Waals surface area contributed by atoms with Crippen LogP contribution in [0.1, 0.15) is 19.4 Å². The van der Waals surface area contributed by atoms with Gasteiger partial charge in [-0.25, -0.2) is 0 Å². The first-order valence-corrected chi connectivity index (χ1v) is 6.08. The molecule has 1 N–H and O–H groups in total. The van der Waals surface area contributed by atoms with Crippen LogP contribution in [0.3, 0.4) is 0 Å². The second kappa shape index (κ2) is 5.23. The molecule has 0 radical (unpaired) electrons. The van der Waals surface area contributed by atoms with Crippen LogP contribution in [-0.4, -0.2) is 10.7 Å². The number of para-hydroxylation sites is 2. The number of hydrogen-bond acceptors (Lipinski definition) is 2. The zero-order valence-corrected chi connectivity index (χ0v) is 10.8. The molecule has 2 aromatic rings. The quantitative estimate of drug-likeness (QED) is 0.883. The third-order valence-electron chi connectivity index (χ3n) is 2.57. The van der Waals surface area contributed by atoms with Gasteiger partial charge in [0, 0.05) is 6.42 Å². The van der Waals surface area contributed by atoms with E-state index in [1.807, 2.05) is 54.6 Å². The Hall–Kier alpha value is -1.80. The van der Waals surface area contributed by atoms with Crippen LogP contribution in [0.4, 0.5) is 0 Å². The Morgan fingerprint density at radius 2 is 1.56 bits per heavy atom. The van der Waals surface area contributed by atoms with Crippen LogP contribution in [0.25, 0.3) is 0 Å². The van der Waals surface area contributed by atoms with Crippen LogP contribution in [0.2, 0.25) is 0 Å². The zero-order chi connectivity index (χ0) is 13.0. The number of ether oxygens (including phenoxy) is 1. The van der Waals surface area contributed by atoms with Gasteiger partial charge in [0.1, 0.15) is 11.5 Å². The second-order valence-corrected chi connectivity index (χ2v) is 5.01. The van der Waals surface area contributed by atoms with E-state index in [1.165, 1.54) is 0 Å². The van der Waals surface area contributed by atoms with Crippen molar-refractivity contribution in [2.75, 3.05) is 0 Å². The van der Waals surface area contributed by atoms with Crippen molar-refractivity contribution in [1.82, 2.24) is 0 Å². The summed E-state index contributed by atoms with van der Waals surface area (Å²) < 4.78 is 5.84. The lowest BCUT2D eigenvalue weighted by Crippen LogP contribution is -2.22. The Morgan fingerprint density at radius 3 is 2.22 bits per heavy atom. The minimum Gasteiger partial charge on any atom is -0.457 e. The molecule has 0 aliphatic carbocycles. The van der Waals surface area contributed by atoms with Crippen LogP contribution >= 0.6 is 0 Å². The fraction of sp³-hybridized carbons (Fsp3) is 0.250. The average molecular weight is 242 g/mol. The van der Waals surface area contributed by atoms with E-state index in [0.29, 0.717) is 6.42 Å². The van der Waals surface area contributed by atoms with Gasteiger partial charge in [0.25, 0.3) is 0 Å². The van der Waals surface area contributed by atoms with E-state index in [1.54, 1.807) is 13.8 Å². The highest BCUT2D eigenvalue weighted by molar-refractivity contribution is 5.38. The average Bonchev–Trinajstić information content (AvgIpc) is 2.31. The van der Waals surface area contributed by atoms with Crippen molar-refractivity contribution in [2.45, 2.75) is 25.9 Å². The fourth-order valence-electron chi connectivity index (χ4n) is 1.83. The maximum absolute atomic E-state index is 9.91. The molecule has 0 saturated carbocycles. The van der Waals surface area contributed by atoms with Gasteiger partial charge >= 0.3 is 0 Å². The largest absolute Gasteiger partial charge is 0.457 e. The van der Waals surface area contributed by atoms with Gasteiger partial charge < -0.3 is 9.84 Å². The lowest BCUT2D eigenvalue weighted by atomic mass is 9.98. The van der Waals surface area contributed by atoms with Gasteiger partial charge in [0.05, 0.1) is 5.60 Å². The summed E-state index contributed by atoms with van der Waals surface area (Å²) in [7, 11) is 0. The lowest BCUT2D eigenvalue weighted by Gasteiger charge is -2.19. The van der Waals surface area contributed by atoms with Gasteiger partial charge in [-0.15, -0.1) is 0 Å². The molecule has 0 spiro atoms. The smallest absolute Gasteiger partial charge is 0.130 e. The Kier molecular flexibility index (Phi) is 3.68. The summed E-state index contributed by atoms with van der Waals surface area (Å²) in [4.78, 5) is 0. The standard InChI is InChI=1S/C16H18O2/c1-16(2,17)12-13-8-6-7-11-15(13)18-14-9-4-3-5-10-14/h3-11,17H,12H2,1-2H3. The van der Waals surface area contributed by atoms with E-state index in [4.69, 9.17) is 4.74 Å². The molecule has 2 nitrogen and oxygen atoms in total. The monoisotopic (exact) mass is 242 g/mol. The van der Waals surface area contributed by atoms with Gasteiger partial charge in [0.2, 0.25) is 0 Å². The normalized spacial score (nSPS) is 11.3. The number of hydrogen-bond donors (Lipinski definition) is 1. The first-order chi connectivity index (χ1) is 8.54. The van der Waals surface area contributed by atoms with E-state index in [9.17, 15) is 5.11 Å². The third-order valence-corrected chi connectivity index (χ3v) is 2.57. The Balaban J connectivity index is 2.23. The van der Waals surface area contributed by atoms with Gasteiger partial charge in [-0.2, -0.15) is 0 Å². The van der Waals surface area contributed by atoms with Crippen LogP contribution in [0.5, 0.6) is 11.5 Å². The van der Waals surface area contributed by atoms with Crippen LogP contribution in [0.15, 0.2) is 54.6 Å². The molecule has 0 aliphatic rings. The summed E-state index contributed by atoms with van der Waals surface area (Å²) in [6.07, 6.45) is 0.565. The molecule has 0 bridgehead atoms. The van der Waals surface area contributed by atoms with Crippen molar-refractivity contribution in [2.24, 2.45) is 0 Å². The Morgan fingerprint density at radius 1 is 0.944 bits per heavy atom. The van der Waals surface area contributed by atoms with E-state index in [0.717, 1.165) is 17.1 Å². The van der Waals surface area contributed by atoms with E-state index in [-0.39, 0.29) is 0 Å². The molecule has 94 valence electrons. The van der Waals surface area contributed by atoms with Crippen LogP contribution in [-0.2, 0) is 6.42 Å². The molecule has 0 aromatic heterocycles. The van der Waals surface area contributed by atoms with Gasteiger partial charge in [-0.05, 0) is 37.6 Å². The summed E-state index contributed by atoms with van der Waals surface area (Å²) in [5.41, 5.74) is 0.268. The van der Waals surface area contributed by atoms with Crippen molar-refractivity contribution in [3.8, 4) is 11.5 Å². The maximum atomic E-state index is 9.91. The summed E-state index contributed by atoms with van der Waals surface area (Å²) in [6, 6.07) is 17.5. The topological polar surface area (TPSA) is 29.5 Å². The molecule has 0 atom stereocenters. The molecule has 2 rings (SSSR count). The molecule has 0 saturated heterocycles. The molecule has 0 heterocycles. The Labute approximate surface area is 108 Å². The molecule has 18 heavy (non-hydrogen) atoms. The molecule has 2 heteroatoms. The van der Waals surface area contributed by atoms with Crippen LogP contribution in [0, 0.1) is 0 Å². The highest BCUT2D eigenvalue weighted by atomic mass is 16.5. The summed E-state index contributed by atoms with van der Waals surface area (Å²) in [5, 5.41) is 9.91. The number of rotatable bonds is 4. The molecular weight excluding hydrogens is 224 g/mol. The van der Waals surface area contributed by atoms with Gasteiger partial charge in [-0.1, -0.05) is 36.4 Å². The van der Waals surface area contributed by atoms with Crippen molar-refractivity contribution in [3.63, 3.8) is 0 Å². The minimum atomic E-state index is -0.740. The van der Waals surface area contributed by atoms with Crippen molar-refractivity contribution in [3.05, 3.63) is 60.2 Å². The van der Waals surface area contributed by atoms with Gasteiger partial charge in [0.15, 0.2) is 0 Å². The minimum absolute atomic E-state index is 0.565.